The second kappa shape index (κ2) is 11.5. The van der Waals surface area contributed by atoms with Gasteiger partial charge in [-0.3, -0.25) is 9.78 Å². The Morgan fingerprint density at radius 3 is 2.59 bits per heavy atom. The molecule has 2 amide bonds. The van der Waals surface area contributed by atoms with Crippen LogP contribution in [0.5, 0.6) is 0 Å². The molecule has 180 valence electrons. The average molecular weight is 499 g/mol. The summed E-state index contributed by atoms with van der Waals surface area (Å²) in [5.41, 5.74) is 4.20. The van der Waals surface area contributed by atoms with E-state index in [0.717, 1.165) is 33.8 Å². The SMILES string of the molecule is CSCC[C@H](NC(=O)OC(C)(C)C)C(=O)Nc1nc(-c2cccc(-c3ccnc(C)c3)c2)cs1. The van der Waals surface area contributed by atoms with Crippen LogP contribution < -0.4 is 10.6 Å². The van der Waals surface area contributed by atoms with E-state index in [1.54, 1.807) is 38.7 Å². The maximum atomic E-state index is 12.9. The molecule has 7 nitrogen and oxygen atoms in total. The maximum Gasteiger partial charge on any atom is 0.408 e. The summed E-state index contributed by atoms with van der Waals surface area (Å²) < 4.78 is 5.31. The number of thiazole rings is 1. The number of rotatable bonds is 8. The lowest BCUT2D eigenvalue weighted by Gasteiger charge is -2.23. The predicted octanol–water partition coefficient (Wildman–Crippen LogP) is 5.77. The molecule has 0 aliphatic rings. The van der Waals surface area contributed by atoms with E-state index in [-0.39, 0.29) is 5.91 Å². The molecule has 0 aliphatic carbocycles. The number of amides is 2. The van der Waals surface area contributed by atoms with E-state index in [4.69, 9.17) is 4.74 Å². The molecule has 1 aromatic carbocycles. The number of nitrogens with zero attached hydrogens (tertiary/aromatic N) is 2. The van der Waals surface area contributed by atoms with Crippen molar-refractivity contribution in [2.45, 2.75) is 45.8 Å². The van der Waals surface area contributed by atoms with E-state index in [2.05, 4.69) is 26.7 Å². The molecule has 2 aromatic heterocycles. The van der Waals surface area contributed by atoms with Gasteiger partial charge in [-0.05, 0) is 75.5 Å². The first-order valence-corrected chi connectivity index (χ1v) is 13.2. The minimum atomic E-state index is -0.715. The first-order valence-electron chi connectivity index (χ1n) is 10.9. The van der Waals surface area contributed by atoms with Gasteiger partial charge in [0.1, 0.15) is 11.6 Å². The van der Waals surface area contributed by atoms with Gasteiger partial charge in [0.2, 0.25) is 5.91 Å². The van der Waals surface area contributed by atoms with Gasteiger partial charge in [-0.2, -0.15) is 11.8 Å². The number of anilines is 1. The highest BCUT2D eigenvalue weighted by molar-refractivity contribution is 7.98. The lowest BCUT2D eigenvalue weighted by molar-refractivity contribution is -0.118. The van der Waals surface area contributed by atoms with Crippen molar-refractivity contribution in [3.8, 4) is 22.4 Å². The van der Waals surface area contributed by atoms with Gasteiger partial charge in [-0.15, -0.1) is 11.3 Å². The number of benzene rings is 1. The van der Waals surface area contributed by atoms with E-state index in [1.807, 2.05) is 48.9 Å². The molecular weight excluding hydrogens is 468 g/mol. The monoisotopic (exact) mass is 498 g/mol. The third-order valence-electron chi connectivity index (χ3n) is 4.74. The van der Waals surface area contributed by atoms with Crippen LogP contribution in [0.1, 0.15) is 32.9 Å². The van der Waals surface area contributed by atoms with Crippen LogP contribution >= 0.6 is 23.1 Å². The number of thioether (sulfide) groups is 1. The van der Waals surface area contributed by atoms with Crippen LogP contribution in [-0.4, -0.2) is 45.6 Å². The fourth-order valence-corrected chi connectivity index (χ4v) is 4.39. The molecule has 0 unspecified atom stereocenters. The Kier molecular flexibility index (Phi) is 8.68. The number of carbonyl (C=O) groups excluding carboxylic acids is 2. The summed E-state index contributed by atoms with van der Waals surface area (Å²) in [4.78, 5) is 34.0. The zero-order valence-electron chi connectivity index (χ0n) is 20.0. The van der Waals surface area contributed by atoms with Crippen LogP contribution in [0.4, 0.5) is 9.93 Å². The van der Waals surface area contributed by atoms with Gasteiger partial charge in [0, 0.05) is 22.8 Å². The van der Waals surface area contributed by atoms with Crippen LogP contribution in [0.15, 0.2) is 48.0 Å². The van der Waals surface area contributed by atoms with Crippen LogP contribution in [-0.2, 0) is 9.53 Å². The van der Waals surface area contributed by atoms with Gasteiger partial charge in [0.15, 0.2) is 5.13 Å². The third-order valence-corrected chi connectivity index (χ3v) is 6.14. The van der Waals surface area contributed by atoms with Crippen molar-refractivity contribution in [3.63, 3.8) is 0 Å². The van der Waals surface area contributed by atoms with Crippen molar-refractivity contribution >= 4 is 40.2 Å². The van der Waals surface area contributed by atoms with Crippen molar-refractivity contribution in [3.05, 3.63) is 53.7 Å². The number of nitrogens with one attached hydrogen (secondary N) is 2. The van der Waals surface area contributed by atoms with E-state index < -0.39 is 17.7 Å². The lowest BCUT2D eigenvalue weighted by Crippen LogP contribution is -2.46. The van der Waals surface area contributed by atoms with Gasteiger partial charge >= 0.3 is 6.09 Å². The highest BCUT2D eigenvalue weighted by Gasteiger charge is 2.25. The maximum absolute atomic E-state index is 12.9. The molecule has 34 heavy (non-hydrogen) atoms. The van der Waals surface area contributed by atoms with Gasteiger partial charge in [-0.1, -0.05) is 18.2 Å². The molecule has 3 rings (SSSR count). The molecule has 3 aromatic rings. The molecule has 0 fully saturated rings. The number of aromatic nitrogens is 2. The topological polar surface area (TPSA) is 93.2 Å². The number of ether oxygens (including phenoxy) is 1. The van der Waals surface area contributed by atoms with Crippen LogP contribution in [0.2, 0.25) is 0 Å². The highest BCUT2D eigenvalue weighted by atomic mass is 32.2. The third kappa shape index (κ3) is 7.56. The minimum absolute atomic E-state index is 0.318. The van der Waals surface area contributed by atoms with Crippen LogP contribution in [0.25, 0.3) is 22.4 Å². The normalized spacial score (nSPS) is 12.1. The molecular formula is C25H30N4O3S2. The van der Waals surface area contributed by atoms with E-state index in [0.29, 0.717) is 11.6 Å². The summed E-state index contributed by atoms with van der Waals surface area (Å²) in [6, 6.07) is 11.4. The Balaban J connectivity index is 1.72. The van der Waals surface area contributed by atoms with Crippen molar-refractivity contribution in [2.75, 3.05) is 17.3 Å². The molecule has 2 N–H and O–H groups in total. The number of aryl methyl sites for hydroxylation is 1. The Hall–Kier alpha value is -2.91. The van der Waals surface area contributed by atoms with Gasteiger partial charge in [0.05, 0.1) is 5.69 Å². The highest BCUT2D eigenvalue weighted by Crippen LogP contribution is 2.29. The molecule has 2 heterocycles. The van der Waals surface area contributed by atoms with Crippen LogP contribution in [0, 0.1) is 6.92 Å². The number of carbonyl (C=O) groups is 2. The number of hydrogen-bond donors (Lipinski definition) is 2. The predicted molar refractivity (Wildman–Crippen MR) is 140 cm³/mol. The molecule has 0 radical (unpaired) electrons. The summed E-state index contributed by atoms with van der Waals surface area (Å²) in [7, 11) is 0. The standard InChI is InChI=1S/C25H30N4O3S2/c1-16-13-18(9-11-26-16)17-7-6-8-19(14-17)21-15-34-23(27-21)29-22(30)20(10-12-33-5)28-24(31)32-25(2,3)4/h6-9,11,13-15,20H,10,12H2,1-5H3,(H,28,31)(H,27,29,30)/t20-/m0/s1. The van der Waals surface area contributed by atoms with Crippen LogP contribution in [0.3, 0.4) is 0 Å². The van der Waals surface area contributed by atoms with Crippen molar-refractivity contribution in [1.29, 1.82) is 0 Å². The molecule has 0 spiro atoms. The summed E-state index contributed by atoms with van der Waals surface area (Å²) in [5, 5.41) is 7.91. The zero-order chi connectivity index (χ0) is 24.7. The van der Waals surface area contributed by atoms with E-state index >= 15 is 0 Å². The second-order valence-electron chi connectivity index (χ2n) is 8.77. The first kappa shape index (κ1) is 25.7. The van der Waals surface area contributed by atoms with Crippen molar-refractivity contribution in [1.82, 2.24) is 15.3 Å². The molecule has 0 saturated carbocycles. The largest absolute Gasteiger partial charge is 0.444 e. The van der Waals surface area contributed by atoms with Gasteiger partial charge in [0.25, 0.3) is 0 Å². The molecule has 0 saturated heterocycles. The summed E-state index contributed by atoms with van der Waals surface area (Å²) in [6.45, 7) is 7.31. The van der Waals surface area contributed by atoms with Crippen molar-refractivity contribution in [2.24, 2.45) is 0 Å². The number of alkyl carbamates (subject to hydrolysis) is 1. The van der Waals surface area contributed by atoms with E-state index in [1.165, 1.54) is 11.3 Å². The Morgan fingerprint density at radius 2 is 1.88 bits per heavy atom. The summed E-state index contributed by atoms with van der Waals surface area (Å²) >= 11 is 2.95. The Morgan fingerprint density at radius 1 is 1.15 bits per heavy atom. The molecule has 1 atom stereocenters. The molecule has 0 bridgehead atoms. The first-order chi connectivity index (χ1) is 16.1. The van der Waals surface area contributed by atoms with Gasteiger partial charge < -0.3 is 15.4 Å². The quantitative estimate of drug-likeness (QED) is 0.410. The number of pyridine rings is 1. The molecule has 9 heteroatoms. The average Bonchev–Trinajstić information content (AvgIpc) is 3.24. The Labute approximate surface area is 208 Å². The lowest BCUT2D eigenvalue weighted by atomic mass is 10.0. The fourth-order valence-electron chi connectivity index (χ4n) is 3.19. The van der Waals surface area contributed by atoms with Crippen molar-refractivity contribution < 1.29 is 14.3 Å². The minimum Gasteiger partial charge on any atom is -0.444 e. The summed E-state index contributed by atoms with van der Waals surface area (Å²) in [5.74, 6) is 0.403. The summed E-state index contributed by atoms with van der Waals surface area (Å²) in [6.07, 6.45) is 3.62. The smallest absolute Gasteiger partial charge is 0.408 e. The number of hydrogen-bond acceptors (Lipinski definition) is 7. The second-order valence-corrected chi connectivity index (χ2v) is 10.6. The fraction of sp³-hybridized carbons (Fsp3) is 0.360. The molecule has 0 aliphatic heterocycles. The zero-order valence-corrected chi connectivity index (χ0v) is 21.7. The van der Waals surface area contributed by atoms with E-state index in [9.17, 15) is 9.59 Å². The van der Waals surface area contributed by atoms with Gasteiger partial charge in [-0.25, -0.2) is 9.78 Å². The Bertz CT molecular complexity index is 1140.